The zero-order valence-electron chi connectivity index (χ0n) is 7.87. The van der Waals surface area contributed by atoms with Crippen molar-refractivity contribution in [2.45, 2.75) is 6.92 Å². The maximum Gasteiger partial charge on any atom is 0.205 e. The van der Waals surface area contributed by atoms with Gasteiger partial charge in [-0.1, -0.05) is 11.6 Å². The quantitative estimate of drug-likeness (QED) is 0.732. The standard InChI is InChI=1S/C11H7ClO3/c1-5-2-6(13)3-7-9(14)4-8(12)11(15)10(5)7/h2-4,13H,1H3. The molecule has 0 bridgehead atoms. The maximum absolute atomic E-state index is 11.7. The van der Waals surface area contributed by atoms with Crippen molar-refractivity contribution in [3.05, 3.63) is 39.9 Å². The molecule has 1 aliphatic carbocycles. The number of ketones is 2. The fraction of sp³-hybridized carbons (Fsp3) is 0.0909. The van der Waals surface area contributed by atoms with Gasteiger partial charge >= 0.3 is 0 Å². The molecule has 1 aromatic rings. The first-order valence-corrected chi connectivity index (χ1v) is 4.68. The second-order valence-electron chi connectivity index (χ2n) is 3.37. The lowest BCUT2D eigenvalue weighted by Crippen LogP contribution is -2.15. The van der Waals surface area contributed by atoms with E-state index in [2.05, 4.69) is 0 Å². The summed E-state index contributed by atoms with van der Waals surface area (Å²) in [5.74, 6) is -0.754. The molecule has 0 spiro atoms. The van der Waals surface area contributed by atoms with Crippen LogP contribution in [0.25, 0.3) is 0 Å². The molecule has 0 aliphatic heterocycles. The number of rotatable bonds is 0. The van der Waals surface area contributed by atoms with Crippen LogP contribution in [0.5, 0.6) is 5.75 Å². The van der Waals surface area contributed by atoms with Gasteiger partial charge < -0.3 is 5.11 Å². The topological polar surface area (TPSA) is 54.4 Å². The predicted octanol–water partition coefficient (Wildman–Crippen LogP) is 2.20. The molecule has 2 rings (SSSR count). The number of hydrogen-bond acceptors (Lipinski definition) is 3. The highest BCUT2D eigenvalue weighted by molar-refractivity contribution is 6.49. The van der Waals surface area contributed by atoms with E-state index in [4.69, 9.17) is 11.6 Å². The summed E-state index contributed by atoms with van der Waals surface area (Å²) in [5, 5.41) is 9.24. The first-order valence-electron chi connectivity index (χ1n) is 4.30. The number of carbonyl (C=O) groups excluding carboxylic acids is 2. The van der Waals surface area contributed by atoms with Crippen molar-refractivity contribution in [2.75, 3.05) is 0 Å². The Bertz CT molecular complexity index is 515. The van der Waals surface area contributed by atoms with Gasteiger partial charge in [-0.3, -0.25) is 9.59 Å². The van der Waals surface area contributed by atoms with Crippen LogP contribution in [-0.4, -0.2) is 16.7 Å². The number of aromatic hydroxyl groups is 1. The Morgan fingerprint density at radius 2 is 1.93 bits per heavy atom. The summed E-state index contributed by atoms with van der Waals surface area (Å²) in [6.07, 6.45) is 1.07. The Morgan fingerprint density at radius 3 is 2.60 bits per heavy atom. The van der Waals surface area contributed by atoms with Crippen LogP contribution in [0.1, 0.15) is 26.3 Å². The van der Waals surface area contributed by atoms with Gasteiger partial charge in [0, 0.05) is 17.2 Å². The molecular weight excluding hydrogens is 216 g/mol. The smallest absolute Gasteiger partial charge is 0.205 e. The highest BCUT2D eigenvalue weighted by Gasteiger charge is 2.26. The van der Waals surface area contributed by atoms with Gasteiger partial charge in [0.15, 0.2) is 5.78 Å². The van der Waals surface area contributed by atoms with Gasteiger partial charge in [-0.15, -0.1) is 0 Å². The number of hydrogen-bond donors (Lipinski definition) is 1. The molecule has 4 heteroatoms. The first kappa shape index (κ1) is 9.93. The maximum atomic E-state index is 11.7. The zero-order valence-corrected chi connectivity index (χ0v) is 8.63. The fourth-order valence-electron chi connectivity index (χ4n) is 1.64. The molecule has 15 heavy (non-hydrogen) atoms. The predicted molar refractivity (Wildman–Crippen MR) is 55.4 cm³/mol. The molecule has 1 N–H and O–H groups in total. The number of phenolic OH excluding ortho intramolecular Hbond substituents is 1. The van der Waals surface area contributed by atoms with E-state index in [9.17, 15) is 14.7 Å². The largest absolute Gasteiger partial charge is 0.508 e. The number of benzene rings is 1. The van der Waals surface area contributed by atoms with Crippen LogP contribution in [0.15, 0.2) is 23.2 Å². The van der Waals surface area contributed by atoms with Gasteiger partial charge in [-0.2, -0.15) is 0 Å². The lowest BCUT2D eigenvalue weighted by Gasteiger charge is -2.14. The minimum absolute atomic E-state index is 0.0289. The number of aryl methyl sites for hydroxylation is 1. The highest BCUT2D eigenvalue weighted by atomic mass is 35.5. The van der Waals surface area contributed by atoms with Crippen molar-refractivity contribution in [2.24, 2.45) is 0 Å². The van der Waals surface area contributed by atoms with E-state index in [1.54, 1.807) is 6.92 Å². The van der Waals surface area contributed by atoms with Gasteiger partial charge in [0.1, 0.15) is 5.75 Å². The van der Waals surface area contributed by atoms with E-state index in [1.807, 2.05) is 0 Å². The summed E-state index contributed by atoms with van der Waals surface area (Å²) >= 11 is 5.63. The van der Waals surface area contributed by atoms with E-state index in [0.717, 1.165) is 6.08 Å². The number of phenols is 1. The van der Waals surface area contributed by atoms with Crippen molar-refractivity contribution >= 4 is 23.2 Å². The average Bonchev–Trinajstić information content (AvgIpc) is 2.13. The van der Waals surface area contributed by atoms with Gasteiger partial charge in [0.25, 0.3) is 0 Å². The zero-order chi connectivity index (χ0) is 11.2. The molecule has 1 aliphatic rings. The minimum atomic E-state index is -0.372. The van der Waals surface area contributed by atoms with E-state index >= 15 is 0 Å². The summed E-state index contributed by atoms with van der Waals surface area (Å²) in [4.78, 5) is 23.2. The summed E-state index contributed by atoms with van der Waals surface area (Å²) in [6.45, 7) is 1.65. The average molecular weight is 223 g/mol. The third-order valence-electron chi connectivity index (χ3n) is 2.29. The molecule has 0 unspecified atom stereocenters. The van der Waals surface area contributed by atoms with Gasteiger partial charge in [-0.05, 0) is 24.6 Å². The monoisotopic (exact) mass is 222 g/mol. The second kappa shape index (κ2) is 3.21. The van der Waals surface area contributed by atoms with Crippen molar-refractivity contribution in [3.63, 3.8) is 0 Å². The van der Waals surface area contributed by atoms with Crippen molar-refractivity contribution in [1.82, 2.24) is 0 Å². The molecule has 3 nitrogen and oxygen atoms in total. The van der Waals surface area contributed by atoms with Crippen molar-refractivity contribution in [1.29, 1.82) is 0 Å². The van der Waals surface area contributed by atoms with Crippen LogP contribution in [0, 0.1) is 6.92 Å². The molecule has 0 atom stereocenters. The Kier molecular flexibility index (Phi) is 2.12. The molecule has 0 saturated heterocycles. The van der Waals surface area contributed by atoms with Crippen LogP contribution in [-0.2, 0) is 0 Å². The minimum Gasteiger partial charge on any atom is -0.508 e. The van der Waals surface area contributed by atoms with E-state index in [-0.39, 0.29) is 33.5 Å². The summed E-state index contributed by atoms with van der Waals surface area (Å²) < 4.78 is 0. The fourth-order valence-corrected chi connectivity index (χ4v) is 1.84. The SMILES string of the molecule is Cc1cc(O)cc2c1C(=O)C(Cl)=CC2=O. The number of Topliss-reactive ketones (excluding diaryl/α,β-unsaturated/α-hetero) is 1. The lowest BCUT2D eigenvalue weighted by atomic mass is 9.91. The van der Waals surface area contributed by atoms with Crippen LogP contribution in [0.3, 0.4) is 0 Å². The van der Waals surface area contributed by atoms with Crippen LogP contribution in [0.4, 0.5) is 0 Å². The van der Waals surface area contributed by atoms with Crippen LogP contribution >= 0.6 is 11.6 Å². The number of halogens is 1. The van der Waals surface area contributed by atoms with Crippen molar-refractivity contribution in [3.8, 4) is 5.75 Å². The molecule has 0 radical (unpaired) electrons. The molecule has 0 heterocycles. The van der Waals surface area contributed by atoms with E-state index in [1.165, 1.54) is 12.1 Å². The van der Waals surface area contributed by atoms with Crippen LogP contribution < -0.4 is 0 Å². The normalized spacial score (nSPS) is 14.9. The number of fused-ring (bicyclic) bond motifs is 1. The Hall–Kier alpha value is -1.61. The van der Waals surface area contributed by atoms with Gasteiger partial charge in [0.05, 0.1) is 5.03 Å². The number of carbonyl (C=O) groups is 2. The van der Waals surface area contributed by atoms with Crippen LogP contribution in [0.2, 0.25) is 0 Å². The van der Waals surface area contributed by atoms with Gasteiger partial charge in [-0.25, -0.2) is 0 Å². The first-order chi connectivity index (χ1) is 7.00. The van der Waals surface area contributed by atoms with Crippen molar-refractivity contribution < 1.29 is 14.7 Å². The van der Waals surface area contributed by atoms with E-state index in [0.29, 0.717) is 5.56 Å². The van der Waals surface area contributed by atoms with Gasteiger partial charge in [0.2, 0.25) is 5.78 Å². The molecule has 0 amide bonds. The van der Waals surface area contributed by atoms with E-state index < -0.39 is 0 Å². The lowest BCUT2D eigenvalue weighted by molar-refractivity contribution is 0.0989. The highest BCUT2D eigenvalue weighted by Crippen LogP contribution is 2.29. The molecule has 0 fully saturated rings. The molecule has 0 saturated carbocycles. The summed E-state index contributed by atoms with van der Waals surface area (Å²) in [6, 6.07) is 2.71. The molecular formula is C11H7ClO3. The summed E-state index contributed by atoms with van der Waals surface area (Å²) in [7, 11) is 0. The molecule has 0 aromatic heterocycles. The Labute approximate surface area is 91.0 Å². The Balaban J connectivity index is 2.78. The molecule has 76 valence electrons. The summed E-state index contributed by atoms with van der Waals surface area (Å²) in [5.41, 5.74) is 1.04. The second-order valence-corrected chi connectivity index (χ2v) is 3.78. The number of allylic oxidation sites excluding steroid dienone is 2. The molecule has 1 aromatic carbocycles. The Morgan fingerprint density at radius 1 is 1.27 bits per heavy atom. The third-order valence-corrected chi connectivity index (χ3v) is 2.57. The third kappa shape index (κ3) is 1.45.